The normalized spacial score (nSPS) is 21.9. The Labute approximate surface area is 85.8 Å². The van der Waals surface area contributed by atoms with E-state index in [9.17, 15) is 0 Å². The minimum Gasteiger partial charge on any atom is -0.316 e. The molecule has 2 rings (SSSR count). The number of benzene rings is 1. The smallest absolute Gasteiger partial charge is 0.00201 e. The van der Waals surface area contributed by atoms with Crippen molar-refractivity contribution in [2.45, 2.75) is 18.8 Å². The Balaban J connectivity index is 2.17. The Bertz CT molecular complexity index is 311. The Morgan fingerprint density at radius 1 is 1.43 bits per heavy atom. The van der Waals surface area contributed by atoms with Crippen LogP contribution in [0.1, 0.15) is 29.9 Å². The van der Waals surface area contributed by atoms with E-state index in [0.717, 1.165) is 6.54 Å². The second kappa shape index (κ2) is 4.43. The predicted molar refractivity (Wildman–Crippen MR) is 61.4 cm³/mol. The molecule has 1 fully saturated rings. The highest BCUT2D eigenvalue weighted by molar-refractivity contribution is 5.48. The molecule has 0 spiro atoms. The van der Waals surface area contributed by atoms with Gasteiger partial charge in [-0.2, -0.15) is 0 Å². The molecule has 0 amide bonds. The number of nitrogens with one attached hydrogen (secondary N) is 1. The summed E-state index contributed by atoms with van der Waals surface area (Å²) >= 11 is 0. The molecule has 0 aromatic heterocycles. The van der Waals surface area contributed by atoms with E-state index in [0.29, 0.717) is 5.92 Å². The van der Waals surface area contributed by atoms with Crippen molar-refractivity contribution in [3.63, 3.8) is 0 Å². The van der Waals surface area contributed by atoms with Crippen LogP contribution in [0.15, 0.2) is 30.8 Å². The first-order chi connectivity index (χ1) is 6.90. The van der Waals surface area contributed by atoms with Crippen molar-refractivity contribution in [3.05, 3.63) is 42.0 Å². The lowest BCUT2D eigenvalue weighted by atomic mass is 9.91. The Morgan fingerprint density at radius 3 is 3.07 bits per heavy atom. The summed E-state index contributed by atoms with van der Waals surface area (Å²) in [6.45, 7) is 6.11. The standard InChI is InChI=1S/C13H17N/c1-2-11-5-3-6-12(9-11)13-7-4-8-14-10-13/h2-3,5-6,9,13-14H,1,4,7-8,10H2/t13-/m0/s1. The molecule has 0 radical (unpaired) electrons. The second-order valence-electron chi connectivity index (χ2n) is 3.92. The van der Waals surface area contributed by atoms with Crippen LogP contribution in [0.5, 0.6) is 0 Å². The van der Waals surface area contributed by atoms with E-state index in [1.807, 2.05) is 6.08 Å². The molecule has 0 aliphatic carbocycles. The van der Waals surface area contributed by atoms with Crippen molar-refractivity contribution in [2.75, 3.05) is 13.1 Å². The molecule has 1 aromatic rings. The van der Waals surface area contributed by atoms with Crippen LogP contribution >= 0.6 is 0 Å². The van der Waals surface area contributed by atoms with Gasteiger partial charge in [0.2, 0.25) is 0 Å². The molecule has 1 heteroatoms. The lowest BCUT2D eigenvalue weighted by molar-refractivity contribution is 0.461. The summed E-state index contributed by atoms with van der Waals surface area (Å²) in [5.74, 6) is 0.698. The highest BCUT2D eigenvalue weighted by Gasteiger charge is 2.14. The summed E-state index contributed by atoms with van der Waals surface area (Å²) in [6.07, 6.45) is 4.52. The maximum atomic E-state index is 3.80. The van der Waals surface area contributed by atoms with Crippen molar-refractivity contribution < 1.29 is 0 Å². The molecular formula is C13H17N. The molecule has 0 bridgehead atoms. The van der Waals surface area contributed by atoms with Gasteiger partial charge in [0, 0.05) is 6.54 Å². The van der Waals surface area contributed by atoms with Gasteiger partial charge in [0.1, 0.15) is 0 Å². The molecule has 1 aromatic carbocycles. The fourth-order valence-corrected chi connectivity index (χ4v) is 2.08. The Morgan fingerprint density at radius 2 is 2.36 bits per heavy atom. The van der Waals surface area contributed by atoms with E-state index in [2.05, 4.69) is 36.2 Å². The van der Waals surface area contributed by atoms with Crippen LogP contribution in [0.3, 0.4) is 0 Å². The lowest BCUT2D eigenvalue weighted by Gasteiger charge is -2.23. The van der Waals surface area contributed by atoms with E-state index in [-0.39, 0.29) is 0 Å². The van der Waals surface area contributed by atoms with Crippen molar-refractivity contribution in [1.82, 2.24) is 5.32 Å². The van der Waals surface area contributed by atoms with Crippen LogP contribution in [-0.4, -0.2) is 13.1 Å². The molecule has 0 unspecified atom stereocenters. The summed E-state index contributed by atoms with van der Waals surface area (Å²) in [6, 6.07) is 8.71. The summed E-state index contributed by atoms with van der Waals surface area (Å²) in [5, 5.41) is 3.44. The monoisotopic (exact) mass is 187 g/mol. The third-order valence-electron chi connectivity index (χ3n) is 2.91. The van der Waals surface area contributed by atoms with Crippen LogP contribution in [-0.2, 0) is 0 Å². The van der Waals surface area contributed by atoms with Gasteiger partial charge in [-0.3, -0.25) is 0 Å². The summed E-state index contributed by atoms with van der Waals surface area (Å²) in [5.41, 5.74) is 2.68. The van der Waals surface area contributed by atoms with E-state index in [1.165, 1.54) is 30.5 Å². The van der Waals surface area contributed by atoms with Gasteiger partial charge in [-0.05, 0) is 36.4 Å². The number of rotatable bonds is 2. The topological polar surface area (TPSA) is 12.0 Å². The van der Waals surface area contributed by atoms with Crippen LogP contribution in [0.2, 0.25) is 0 Å². The van der Waals surface area contributed by atoms with Gasteiger partial charge in [0.05, 0.1) is 0 Å². The first kappa shape index (κ1) is 9.47. The molecule has 1 heterocycles. The lowest BCUT2D eigenvalue weighted by Crippen LogP contribution is -2.28. The Kier molecular flexibility index (Phi) is 3.00. The summed E-state index contributed by atoms with van der Waals surface area (Å²) in [4.78, 5) is 0. The number of hydrogen-bond acceptors (Lipinski definition) is 1. The van der Waals surface area contributed by atoms with Crippen molar-refractivity contribution in [3.8, 4) is 0 Å². The van der Waals surface area contributed by atoms with Gasteiger partial charge in [0.15, 0.2) is 0 Å². The van der Waals surface area contributed by atoms with Crippen LogP contribution < -0.4 is 5.32 Å². The van der Waals surface area contributed by atoms with Crippen LogP contribution in [0, 0.1) is 0 Å². The minimum atomic E-state index is 0.698. The number of hydrogen-bond donors (Lipinski definition) is 1. The van der Waals surface area contributed by atoms with Crippen LogP contribution in [0.25, 0.3) is 6.08 Å². The van der Waals surface area contributed by atoms with Gasteiger partial charge >= 0.3 is 0 Å². The van der Waals surface area contributed by atoms with E-state index >= 15 is 0 Å². The maximum absolute atomic E-state index is 3.80. The largest absolute Gasteiger partial charge is 0.316 e. The third-order valence-corrected chi connectivity index (χ3v) is 2.91. The van der Waals surface area contributed by atoms with Gasteiger partial charge in [-0.25, -0.2) is 0 Å². The maximum Gasteiger partial charge on any atom is 0.00201 e. The minimum absolute atomic E-state index is 0.698. The van der Waals surface area contributed by atoms with Gasteiger partial charge < -0.3 is 5.32 Å². The molecular weight excluding hydrogens is 170 g/mol. The van der Waals surface area contributed by atoms with Gasteiger partial charge in [-0.15, -0.1) is 0 Å². The van der Waals surface area contributed by atoms with Gasteiger partial charge in [-0.1, -0.05) is 36.9 Å². The number of piperidine rings is 1. The average Bonchev–Trinajstić information content (AvgIpc) is 2.30. The molecule has 1 aliphatic heterocycles. The van der Waals surface area contributed by atoms with E-state index < -0.39 is 0 Å². The fourth-order valence-electron chi connectivity index (χ4n) is 2.08. The predicted octanol–water partition coefficient (Wildman–Crippen LogP) is 2.80. The van der Waals surface area contributed by atoms with Crippen molar-refractivity contribution >= 4 is 6.08 Å². The second-order valence-corrected chi connectivity index (χ2v) is 3.92. The quantitative estimate of drug-likeness (QED) is 0.750. The zero-order valence-electron chi connectivity index (χ0n) is 8.50. The first-order valence-electron chi connectivity index (χ1n) is 5.33. The van der Waals surface area contributed by atoms with Crippen LogP contribution in [0.4, 0.5) is 0 Å². The van der Waals surface area contributed by atoms with E-state index in [4.69, 9.17) is 0 Å². The third kappa shape index (κ3) is 2.05. The van der Waals surface area contributed by atoms with E-state index in [1.54, 1.807) is 0 Å². The van der Waals surface area contributed by atoms with Gasteiger partial charge in [0.25, 0.3) is 0 Å². The fraction of sp³-hybridized carbons (Fsp3) is 0.385. The first-order valence-corrected chi connectivity index (χ1v) is 5.33. The molecule has 1 atom stereocenters. The highest BCUT2D eigenvalue weighted by Crippen LogP contribution is 2.23. The average molecular weight is 187 g/mol. The SMILES string of the molecule is C=Cc1cccc([C@H]2CCCNC2)c1. The zero-order chi connectivity index (χ0) is 9.80. The summed E-state index contributed by atoms with van der Waals surface area (Å²) in [7, 11) is 0. The Hall–Kier alpha value is -1.08. The molecule has 14 heavy (non-hydrogen) atoms. The molecule has 1 saturated heterocycles. The molecule has 74 valence electrons. The zero-order valence-corrected chi connectivity index (χ0v) is 8.50. The molecule has 0 saturated carbocycles. The summed E-state index contributed by atoms with van der Waals surface area (Å²) < 4.78 is 0. The molecule has 1 N–H and O–H groups in total. The molecule has 1 nitrogen and oxygen atoms in total. The highest BCUT2D eigenvalue weighted by atomic mass is 14.9. The van der Waals surface area contributed by atoms with Crippen molar-refractivity contribution in [1.29, 1.82) is 0 Å². The van der Waals surface area contributed by atoms with Crippen molar-refractivity contribution in [2.24, 2.45) is 0 Å². The molecule has 1 aliphatic rings.